The van der Waals surface area contributed by atoms with E-state index in [1.165, 1.54) is 4.31 Å². The number of para-hydroxylation sites is 1. The Hall–Kier alpha value is -2.88. The van der Waals surface area contributed by atoms with Crippen molar-refractivity contribution in [2.45, 2.75) is 32.1 Å². The largest absolute Gasteiger partial charge is 0.497 e. The second-order valence-electron chi connectivity index (χ2n) is 10.6. The molecule has 0 N–H and O–H groups in total. The molecule has 1 amide bonds. The Bertz CT molecular complexity index is 1180. The van der Waals surface area contributed by atoms with Crippen LogP contribution in [0.4, 0.5) is 0 Å². The maximum Gasteiger partial charge on any atom is 0.243 e. The molecule has 9 heteroatoms. The minimum absolute atomic E-state index is 0.108. The van der Waals surface area contributed by atoms with E-state index in [1.807, 2.05) is 41.3 Å². The third-order valence-electron chi connectivity index (χ3n) is 6.51. The van der Waals surface area contributed by atoms with E-state index in [0.717, 1.165) is 11.3 Å². The van der Waals surface area contributed by atoms with Gasteiger partial charge in [0.15, 0.2) is 0 Å². The van der Waals surface area contributed by atoms with Crippen LogP contribution >= 0.6 is 0 Å². The summed E-state index contributed by atoms with van der Waals surface area (Å²) >= 11 is 0. The number of carbonyl (C=O) groups excluding carboxylic acids is 1. The summed E-state index contributed by atoms with van der Waals surface area (Å²) < 4.78 is 38.2. The Balaban J connectivity index is 1.59. The van der Waals surface area contributed by atoms with Crippen molar-refractivity contribution in [3.05, 3.63) is 60.2 Å². The number of nitrogens with zero attached hydrogens (tertiary/aromatic N) is 3. The lowest BCUT2D eigenvalue weighted by molar-refractivity contribution is -0.132. The monoisotopic (exact) mass is 543 g/mol. The molecule has 8 nitrogen and oxygen atoms in total. The molecule has 0 radical (unpaired) electrons. The highest BCUT2D eigenvalue weighted by Crippen LogP contribution is 2.22. The summed E-state index contributed by atoms with van der Waals surface area (Å²) in [5, 5.41) is 0. The lowest BCUT2D eigenvalue weighted by Gasteiger charge is -2.35. The molecule has 2 aromatic rings. The van der Waals surface area contributed by atoms with Crippen LogP contribution in [0.5, 0.6) is 11.5 Å². The zero-order valence-corrected chi connectivity index (χ0v) is 24.0. The molecule has 38 heavy (non-hydrogen) atoms. The molecule has 2 aromatic carbocycles. The van der Waals surface area contributed by atoms with Gasteiger partial charge >= 0.3 is 0 Å². The van der Waals surface area contributed by atoms with Crippen molar-refractivity contribution in [2.24, 2.45) is 5.41 Å². The summed E-state index contributed by atoms with van der Waals surface area (Å²) in [6.07, 6.45) is 4.44. The molecule has 1 heterocycles. The molecule has 0 atom stereocenters. The predicted molar refractivity (Wildman–Crippen MR) is 151 cm³/mol. The normalized spacial score (nSPS) is 15.5. The van der Waals surface area contributed by atoms with Gasteiger partial charge in [0.2, 0.25) is 15.9 Å². The number of piperazine rings is 1. The second kappa shape index (κ2) is 13.3. The van der Waals surface area contributed by atoms with Crippen LogP contribution in [0.3, 0.4) is 0 Å². The number of hydrogen-bond acceptors (Lipinski definition) is 6. The van der Waals surface area contributed by atoms with E-state index in [4.69, 9.17) is 9.47 Å². The number of benzene rings is 2. The number of hydrogen-bond donors (Lipinski definition) is 0. The van der Waals surface area contributed by atoms with Crippen molar-refractivity contribution >= 4 is 22.0 Å². The summed E-state index contributed by atoms with van der Waals surface area (Å²) in [5.74, 6) is 1.53. The summed E-state index contributed by atoms with van der Waals surface area (Å²) in [5.41, 5.74) is 0.857. The first-order valence-electron chi connectivity index (χ1n) is 13.0. The summed E-state index contributed by atoms with van der Waals surface area (Å²) in [6, 6.07) is 14.3. The Labute approximate surface area is 227 Å². The first kappa shape index (κ1) is 29.7. The maximum absolute atomic E-state index is 13.1. The van der Waals surface area contributed by atoms with Crippen molar-refractivity contribution in [3.63, 3.8) is 0 Å². The van der Waals surface area contributed by atoms with Gasteiger partial charge in [-0.1, -0.05) is 51.1 Å². The number of ether oxygens (including phenoxy) is 2. The maximum atomic E-state index is 13.1. The molecule has 0 spiro atoms. The van der Waals surface area contributed by atoms with Crippen LogP contribution in [0.1, 0.15) is 32.8 Å². The molecule has 3 rings (SSSR count). The smallest absolute Gasteiger partial charge is 0.243 e. The Kier molecular flexibility index (Phi) is 10.4. The standard InChI is InChI=1S/C29H41N3O5S/c1-29(2,3)23-28(33)31(16-8-10-24-9-6-7-11-27(24)37-5)20-17-30-18-21-32(22-19-30)38(34,35)26-14-12-25(36-4)13-15-26/h6-15H,16-23H2,1-5H3. The van der Waals surface area contributed by atoms with E-state index in [1.54, 1.807) is 38.5 Å². The molecule has 208 valence electrons. The topological polar surface area (TPSA) is 79.4 Å². The van der Waals surface area contributed by atoms with E-state index in [-0.39, 0.29) is 16.2 Å². The first-order chi connectivity index (χ1) is 18.0. The Morgan fingerprint density at radius 1 is 0.974 bits per heavy atom. The van der Waals surface area contributed by atoms with E-state index in [2.05, 4.69) is 25.7 Å². The van der Waals surface area contributed by atoms with Crippen LogP contribution in [0.15, 0.2) is 59.5 Å². The molecular weight excluding hydrogens is 502 g/mol. The van der Waals surface area contributed by atoms with Gasteiger partial charge in [-0.05, 0) is 35.7 Å². The molecule has 1 saturated heterocycles. The number of rotatable bonds is 11. The third-order valence-corrected chi connectivity index (χ3v) is 8.42. The molecule has 1 fully saturated rings. The Morgan fingerprint density at radius 2 is 1.63 bits per heavy atom. The van der Waals surface area contributed by atoms with Crippen LogP contribution < -0.4 is 9.47 Å². The van der Waals surface area contributed by atoms with Gasteiger partial charge in [-0.3, -0.25) is 9.69 Å². The van der Waals surface area contributed by atoms with Crippen molar-refractivity contribution < 1.29 is 22.7 Å². The van der Waals surface area contributed by atoms with E-state index < -0.39 is 10.0 Å². The van der Waals surface area contributed by atoms with Crippen LogP contribution in [0.25, 0.3) is 6.08 Å². The predicted octanol–water partition coefficient (Wildman–Crippen LogP) is 3.99. The van der Waals surface area contributed by atoms with Crippen molar-refractivity contribution in [2.75, 3.05) is 60.0 Å². The SMILES string of the molecule is COc1ccc(S(=O)(=O)N2CCN(CCN(CC=Cc3ccccc3OC)C(=O)CC(C)(C)C)CC2)cc1. The first-order valence-corrected chi connectivity index (χ1v) is 14.4. The molecule has 0 bridgehead atoms. The lowest BCUT2D eigenvalue weighted by Crippen LogP contribution is -2.50. The quantitative estimate of drug-likeness (QED) is 0.427. The van der Waals surface area contributed by atoms with E-state index in [9.17, 15) is 13.2 Å². The van der Waals surface area contributed by atoms with E-state index >= 15 is 0 Å². The van der Waals surface area contributed by atoms with Gasteiger partial charge in [0.05, 0.1) is 19.1 Å². The molecule has 0 aliphatic carbocycles. The average Bonchev–Trinajstić information content (AvgIpc) is 2.90. The van der Waals surface area contributed by atoms with Gasteiger partial charge in [0, 0.05) is 57.8 Å². The van der Waals surface area contributed by atoms with Crippen LogP contribution in [-0.4, -0.2) is 88.5 Å². The Morgan fingerprint density at radius 3 is 2.24 bits per heavy atom. The molecule has 1 aliphatic heterocycles. The third kappa shape index (κ3) is 8.31. The fourth-order valence-electron chi connectivity index (χ4n) is 4.35. The van der Waals surface area contributed by atoms with Crippen molar-refractivity contribution in [1.82, 2.24) is 14.1 Å². The summed E-state index contributed by atoms with van der Waals surface area (Å²) in [6.45, 7) is 10.0. The van der Waals surface area contributed by atoms with Crippen LogP contribution in [-0.2, 0) is 14.8 Å². The second-order valence-corrected chi connectivity index (χ2v) is 12.6. The fraction of sp³-hybridized carbons (Fsp3) is 0.483. The zero-order valence-electron chi connectivity index (χ0n) is 23.2. The number of carbonyl (C=O) groups is 1. The minimum Gasteiger partial charge on any atom is -0.497 e. The highest BCUT2D eigenvalue weighted by atomic mass is 32.2. The fourth-order valence-corrected chi connectivity index (χ4v) is 5.77. The lowest BCUT2D eigenvalue weighted by atomic mass is 9.91. The highest BCUT2D eigenvalue weighted by Gasteiger charge is 2.29. The van der Waals surface area contributed by atoms with Crippen LogP contribution in [0.2, 0.25) is 0 Å². The summed E-state index contributed by atoms with van der Waals surface area (Å²) in [4.78, 5) is 17.5. The van der Waals surface area contributed by atoms with Crippen molar-refractivity contribution in [1.29, 1.82) is 0 Å². The number of amides is 1. The van der Waals surface area contributed by atoms with Crippen molar-refractivity contribution in [3.8, 4) is 11.5 Å². The van der Waals surface area contributed by atoms with Gasteiger partial charge < -0.3 is 14.4 Å². The number of methoxy groups -OCH3 is 2. The molecular formula is C29H41N3O5S. The van der Waals surface area contributed by atoms with Gasteiger partial charge in [-0.15, -0.1) is 0 Å². The highest BCUT2D eigenvalue weighted by molar-refractivity contribution is 7.89. The summed E-state index contributed by atoms with van der Waals surface area (Å²) in [7, 11) is -0.353. The molecule has 0 unspecified atom stereocenters. The van der Waals surface area contributed by atoms with Gasteiger partial charge in [0.25, 0.3) is 0 Å². The van der Waals surface area contributed by atoms with Gasteiger partial charge in [-0.2, -0.15) is 4.31 Å². The molecule has 1 aliphatic rings. The van der Waals surface area contributed by atoms with Gasteiger partial charge in [0.1, 0.15) is 11.5 Å². The van der Waals surface area contributed by atoms with Gasteiger partial charge in [-0.25, -0.2) is 8.42 Å². The average molecular weight is 544 g/mol. The van der Waals surface area contributed by atoms with E-state index in [0.29, 0.717) is 58.0 Å². The number of sulfonamides is 1. The molecule has 0 aromatic heterocycles. The molecule has 0 saturated carbocycles. The minimum atomic E-state index is -3.55. The van der Waals surface area contributed by atoms with Crippen LogP contribution in [0, 0.1) is 5.41 Å². The zero-order chi connectivity index (χ0) is 27.8.